The van der Waals surface area contributed by atoms with Gasteiger partial charge < -0.3 is 15.4 Å². The van der Waals surface area contributed by atoms with Crippen molar-refractivity contribution >= 4 is 17.6 Å². The Balaban J connectivity index is 2.54. The summed E-state index contributed by atoms with van der Waals surface area (Å²) in [7, 11) is 1.36. The molecule has 0 radical (unpaired) electrons. The van der Waals surface area contributed by atoms with Crippen molar-refractivity contribution in [3.8, 4) is 0 Å². The summed E-state index contributed by atoms with van der Waals surface area (Å²) in [6.07, 6.45) is 0. The fraction of sp³-hybridized carbons (Fsp3) is 0.385. The lowest BCUT2D eigenvalue weighted by Crippen LogP contribution is -2.27. The molecule has 0 bridgehead atoms. The molecule has 0 spiro atoms. The van der Waals surface area contributed by atoms with Crippen LogP contribution in [0.3, 0.4) is 0 Å². The molecule has 0 heterocycles. The minimum absolute atomic E-state index is 0.0588. The van der Waals surface area contributed by atoms with Crippen molar-refractivity contribution in [2.45, 2.75) is 26.4 Å². The molecule has 0 saturated heterocycles. The first kappa shape index (κ1) is 14.0. The van der Waals surface area contributed by atoms with Gasteiger partial charge in [-0.3, -0.25) is 4.79 Å². The predicted octanol–water partition coefficient (Wildman–Crippen LogP) is 1.30. The molecule has 0 saturated carbocycles. The molecule has 1 aromatic carbocycles. The van der Waals surface area contributed by atoms with E-state index in [4.69, 9.17) is 0 Å². The van der Waals surface area contributed by atoms with Crippen molar-refractivity contribution in [2.24, 2.45) is 0 Å². The summed E-state index contributed by atoms with van der Waals surface area (Å²) in [6.45, 7) is 3.72. The topological polar surface area (TPSA) is 67.4 Å². The highest BCUT2D eigenvalue weighted by atomic mass is 16.5. The molecule has 0 aromatic heterocycles. The highest BCUT2D eigenvalue weighted by molar-refractivity contribution is 5.78. The summed E-state index contributed by atoms with van der Waals surface area (Å²) in [5, 5.41) is 5.74. The first-order valence-corrected chi connectivity index (χ1v) is 5.70. The van der Waals surface area contributed by atoms with Crippen LogP contribution in [-0.2, 0) is 20.9 Å². The molecular weight excluding hydrogens is 232 g/mol. The van der Waals surface area contributed by atoms with Crippen LogP contribution in [0.25, 0.3) is 0 Å². The van der Waals surface area contributed by atoms with Gasteiger partial charge in [-0.15, -0.1) is 0 Å². The zero-order chi connectivity index (χ0) is 13.5. The molecule has 0 aliphatic heterocycles. The lowest BCUT2D eigenvalue weighted by Gasteiger charge is -2.13. The van der Waals surface area contributed by atoms with Crippen LogP contribution in [0.15, 0.2) is 24.3 Å². The zero-order valence-electron chi connectivity index (χ0n) is 10.8. The van der Waals surface area contributed by atoms with Crippen LogP contribution in [0.5, 0.6) is 0 Å². The van der Waals surface area contributed by atoms with Gasteiger partial charge in [-0.1, -0.05) is 12.1 Å². The second-order valence-corrected chi connectivity index (χ2v) is 4.00. The van der Waals surface area contributed by atoms with Gasteiger partial charge in [0.15, 0.2) is 0 Å². The van der Waals surface area contributed by atoms with Gasteiger partial charge in [0.25, 0.3) is 0 Å². The molecule has 1 amide bonds. The van der Waals surface area contributed by atoms with Crippen LogP contribution < -0.4 is 10.6 Å². The number of carbonyl (C=O) groups is 2. The van der Waals surface area contributed by atoms with E-state index in [0.29, 0.717) is 6.54 Å². The second kappa shape index (κ2) is 6.64. The molecule has 0 aliphatic rings. The fourth-order valence-electron chi connectivity index (χ4n) is 1.43. The SMILES string of the molecule is COC(=O)[C@H](C)Nc1ccc(CNC(C)=O)cc1. The maximum absolute atomic E-state index is 11.2. The van der Waals surface area contributed by atoms with E-state index < -0.39 is 6.04 Å². The minimum atomic E-state index is -0.392. The Hall–Kier alpha value is -2.04. The standard InChI is InChI=1S/C13H18N2O3/c1-9(13(17)18-3)15-12-6-4-11(5-7-12)8-14-10(2)16/h4-7,9,15H,8H2,1-3H3,(H,14,16)/t9-/m0/s1. The molecule has 98 valence electrons. The van der Waals surface area contributed by atoms with Crippen molar-refractivity contribution in [2.75, 3.05) is 12.4 Å². The molecule has 1 aromatic rings. The fourth-order valence-corrected chi connectivity index (χ4v) is 1.43. The summed E-state index contributed by atoms with van der Waals surface area (Å²) < 4.78 is 4.62. The summed E-state index contributed by atoms with van der Waals surface area (Å²) in [6, 6.07) is 7.11. The Bertz CT molecular complexity index is 415. The van der Waals surface area contributed by atoms with Crippen molar-refractivity contribution in [1.82, 2.24) is 5.32 Å². The van der Waals surface area contributed by atoms with E-state index in [1.54, 1.807) is 6.92 Å². The average Bonchev–Trinajstić information content (AvgIpc) is 2.36. The van der Waals surface area contributed by atoms with Gasteiger partial charge in [0.1, 0.15) is 6.04 Å². The lowest BCUT2D eigenvalue weighted by molar-refractivity contribution is -0.141. The largest absolute Gasteiger partial charge is 0.467 e. The summed E-state index contributed by atoms with van der Waals surface area (Å²) >= 11 is 0. The number of benzene rings is 1. The smallest absolute Gasteiger partial charge is 0.327 e. The van der Waals surface area contributed by atoms with Gasteiger partial charge in [-0.25, -0.2) is 4.79 Å². The third-order valence-electron chi connectivity index (χ3n) is 2.43. The molecule has 2 N–H and O–H groups in total. The Labute approximate surface area is 107 Å². The third-order valence-corrected chi connectivity index (χ3v) is 2.43. The Morgan fingerprint density at radius 1 is 1.28 bits per heavy atom. The highest BCUT2D eigenvalue weighted by Crippen LogP contribution is 2.11. The second-order valence-electron chi connectivity index (χ2n) is 4.00. The van der Waals surface area contributed by atoms with Crippen molar-refractivity contribution in [1.29, 1.82) is 0 Å². The number of rotatable bonds is 5. The normalized spacial score (nSPS) is 11.5. The van der Waals surface area contributed by atoms with Crippen LogP contribution in [0.1, 0.15) is 19.4 Å². The van der Waals surface area contributed by atoms with E-state index in [2.05, 4.69) is 15.4 Å². The molecule has 18 heavy (non-hydrogen) atoms. The van der Waals surface area contributed by atoms with Crippen LogP contribution in [0, 0.1) is 0 Å². The van der Waals surface area contributed by atoms with Gasteiger partial charge in [0.05, 0.1) is 7.11 Å². The van der Waals surface area contributed by atoms with Crippen LogP contribution in [0.4, 0.5) is 5.69 Å². The van der Waals surface area contributed by atoms with Crippen LogP contribution in [-0.4, -0.2) is 25.0 Å². The van der Waals surface area contributed by atoms with E-state index in [1.165, 1.54) is 14.0 Å². The number of amides is 1. The Morgan fingerprint density at radius 3 is 2.39 bits per heavy atom. The number of carbonyl (C=O) groups excluding carboxylic acids is 2. The van der Waals surface area contributed by atoms with Crippen molar-refractivity contribution < 1.29 is 14.3 Å². The van der Waals surface area contributed by atoms with Crippen molar-refractivity contribution in [3.05, 3.63) is 29.8 Å². The Kier molecular flexibility index (Phi) is 5.17. The van der Waals surface area contributed by atoms with E-state index >= 15 is 0 Å². The van der Waals surface area contributed by atoms with Gasteiger partial charge in [0, 0.05) is 19.2 Å². The molecule has 1 atom stereocenters. The lowest BCUT2D eigenvalue weighted by atomic mass is 10.2. The number of hydrogen-bond acceptors (Lipinski definition) is 4. The number of ether oxygens (including phenoxy) is 1. The predicted molar refractivity (Wildman–Crippen MR) is 69.1 cm³/mol. The van der Waals surface area contributed by atoms with E-state index in [1.807, 2.05) is 24.3 Å². The van der Waals surface area contributed by atoms with Gasteiger partial charge in [0.2, 0.25) is 5.91 Å². The molecule has 0 aliphatic carbocycles. The molecule has 5 nitrogen and oxygen atoms in total. The molecule has 0 unspecified atom stereocenters. The number of esters is 1. The van der Waals surface area contributed by atoms with Gasteiger partial charge >= 0.3 is 5.97 Å². The highest BCUT2D eigenvalue weighted by Gasteiger charge is 2.11. The molecule has 0 fully saturated rings. The third kappa shape index (κ3) is 4.45. The van der Waals surface area contributed by atoms with E-state index in [0.717, 1.165) is 11.3 Å². The van der Waals surface area contributed by atoms with E-state index in [9.17, 15) is 9.59 Å². The van der Waals surface area contributed by atoms with Crippen molar-refractivity contribution in [3.63, 3.8) is 0 Å². The maximum atomic E-state index is 11.2. The number of anilines is 1. The molecular formula is C13H18N2O3. The summed E-state index contributed by atoms with van der Waals surface area (Å²) in [5.74, 6) is -0.367. The zero-order valence-corrected chi connectivity index (χ0v) is 10.8. The summed E-state index contributed by atoms with van der Waals surface area (Å²) in [5.41, 5.74) is 1.83. The number of nitrogens with one attached hydrogen (secondary N) is 2. The maximum Gasteiger partial charge on any atom is 0.327 e. The first-order chi connectivity index (χ1) is 8.52. The number of hydrogen-bond donors (Lipinski definition) is 2. The van der Waals surface area contributed by atoms with E-state index in [-0.39, 0.29) is 11.9 Å². The quantitative estimate of drug-likeness (QED) is 0.773. The van der Waals surface area contributed by atoms with Gasteiger partial charge in [-0.2, -0.15) is 0 Å². The average molecular weight is 250 g/mol. The molecule has 5 heteroatoms. The van der Waals surface area contributed by atoms with Crippen LogP contribution >= 0.6 is 0 Å². The van der Waals surface area contributed by atoms with Crippen LogP contribution in [0.2, 0.25) is 0 Å². The summed E-state index contributed by atoms with van der Waals surface area (Å²) in [4.78, 5) is 22.0. The molecule has 1 rings (SSSR count). The van der Waals surface area contributed by atoms with Gasteiger partial charge in [-0.05, 0) is 24.6 Å². The first-order valence-electron chi connectivity index (χ1n) is 5.70. The Morgan fingerprint density at radius 2 is 1.89 bits per heavy atom. The monoisotopic (exact) mass is 250 g/mol. The number of methoxy groups -OCH3 is 1. The minimum Gasteiger partial charge on any atom is -0.467 e.